The molecular formula is C10H14O2. The van der Waals surface area contributed by atoms with Crippen LogP contribution in [0.5, 0.6) is 0 Å². The first kappa shape index (κ1) is 9.04. The standard InChI is InChI=1S/C10H14O2/c1-4-10(3)6-5-9(12-10)8(2)7-11/h4-5,7-8H,1,6H2,2-3H3. The van der Waals surface area contributed by atoms with Crippen molar-refractivity contribution in [3.8, 4) is 0 Å². The summed E-state index contributed by atoms with van der Waals surface area (Å²) in [7, 11) is 0. The SMILES string of the molecule is C=CC1(C)CC=C(C(C)C=O)O1. The van der Waals surface area contributed by atoms with E-state index in [-0.39, 0.29) is 11.5 Å². The molecule has 1 heterocycles. The van der Waals surface area contributed by atoms with Gasteiger partial charge in [-0.15, -0.1) is 0 Å². The Bertz CT molecular complexity index is 230. The second-order valence-electron chi connectivity index (χ2n) is 3.35. The number of ether oxygens (including phenoxy) is 1. The summed E-state index contributed by atoms with van der Waals surface area (Å²) in [6.07, 6.45) is 5.43. The summed E-state index contributed by atoms with van der Waals surface area (Å²) in [6.45, 7) is 7.47. The van der Waals surface area contributed by atoms with Crippen LogP contribution in [0.3, 0.4) is 0 Å². The summed E-state index contributed by atoms with van der Waals surface area (Å²) in [5.41, 5.74) is -0.299. The van der Waals surface area contributed by atoms with Gasteiger partial charge >= 0.3 is 0 Å². The Kier molecular flexibility index (Phi) is 2.36. The molecule has 1 aliphatic rings. The van der Waals surface area contributed by atoms with Crippen molar-refractivity contribution < 1.29 is 9.53 Å². The summed E-state index contributed by atoms with van der Waals surface area (Å²) in [5, 5.41) is 0. The maximum Gasteiger partial charge on any atom is 0.130 e. The lowest BCUT2D eigenvalue weighted by Crippen LogP contribution is -2.20. The molecule has 0 N–H and O–H groups in total. The van der Waals surface area contributed by atoms with Crippen LogP contribution in [-0.4, -0.2) is 11.9 Å². The largest absolute Gasteiger partial charge is 0.487 e. The zero-order chi connectivity index (χ0) is 9.19. The topological polar surface area (TPSA) is 26.3 Å². The van der Waals surface area contributed by atoms with Crippen molar-refractivity contribution in [3.63, 3.8) is 0 Å². The Balaban J connectivity index is 2.65. The molecule has 2 unspecified atom stereocenters. The minimum absolute atomic E-state index is 0.133. The van der Waals surface area contributed by atoms with E-state index in [0.29, 0.717) is 0 Å². The molecule has 0 spiro atoms. The van der Waals surface area contributed by atoms with Crippen LogP contribution in [0.15, 0.2) is 24.5 Å². The Morgan fingerprint density at radius 1 is 1.83 bits per heavy atom. The third-order valence-corrected chi connectivity index (χ3v) is 2.14. The van der Waals surface area contributed by atoms with Gasteiger partial charge in [0.25, 0.3) is 0 Å². The molecule has 0 aromatic heterocycles. The number of hydrogen-bond donors (Lipinski definition) is 0. The molecule has 1 aliphatic heterocycles. The Hall–Kier alpha value is -1.05. The zero-order valence-corrected chi connectivity index (χ0v) is 7.54. The molecule has 0 saturated carbocycles. The van der Waals surface area contributed by atoms with Gasteiger partial charge in [0.05, 0.1) is 5.92 Å². The molecule has 2 nitrogen and oxygen atoms in total. The lowest BCUT2D eigenvalue weighted by molar-refractivity contribution is -0.111. The summed E-state index contributed by atoms with van der Waals surface area (Å²) >= 11 is 0. The first-order valence-corrected chi connectivity index (χ1v) is 4.09. The van der Waals surface area contributed by atoms with Crippen molar-refractivity contribution in [1.29, 1.82) is 0 Å². The molecule has 66 valence electrons. The fourth-order valence-corrected chi connectivity index (χ4v) is 1.13. The van der Waals surface area contributed by atoms with Crippen molar-refractivity contribution in [2.75, 3.05) is 0 Å². The lowest BCUT2D eigenvalue weighted by Gasteiger charge is -2.21. The highest BCUT2D eigenvalue weighted by Crippen LogP contribution is 2.31. The smallest absolute Gasteiger partial charge is 0.130 e. The number of aldehydes is 1. The van der Waals surface area contributed by atoms with Crippen LogP contribution in [0.1, 0.15) is 20.3 Å². The average molecular weight is 166 g/mol. The molecule has 0 bridgehead atoms. The van der Waals surface area contributed by atoms with Gasteiger partial charge in [0.2, 0.25) is 0 Å². The van der Waals surface area contributed by atoms with E-state index >= 15 is 0 Å². The Morgan fingerprint density at radius 2 is 2.50 bits per heavy atom. The van der Waals surface area contributed by atoms with Crippen molar-refractivity contribution in [1.82, 2.24) is 0 Å². The Morgan fingerprint density at radius 3 is 2.92 bits per heavy atom. The van der Waals surface area contributed by atoms with Crippen molar-refractivity contribution in [3.05, 3.63) is 24.5 Å². The van der Waals surface area contributed by atoms with Crippen LogP contribution in [0.2, 0.25) is 0 Å². The maximum absolute atomic E-state index is 10.4. The summed E-state index contributed by atoms with van der Waals surface area (Å²) in [5.74, 6) is 0.638. The minimum Gasteiger partial charge on any atom is -0.487 e. The zero-order valence-electron chi connectivity index (χ0n) is 7.54. The number of carbonyl (C=O) groups is 1. The first-order chi connectivity index (χ1) is 5.61. The third-order valence-electron chi connectivity index (χ3n) is 2.14. The molecule has 12 heavy (non-hydrogen) atoms. The molecule has 2 heteroatoms. The summed E-state index contributed by atoms with van der Waals surface area (Å²) < 4.78 is 5.56. The third kappa shape index (κ3) is 1.58. The second-order valence-corrected chi connectivity index (χ2v) is 3.35. The van der Waals surface area contributed by atoms with Gasteiger partial charge in [0.15, 0.2) is 0 Å². The molecule has 0 saturated heterocycles. The van der Waals surface area contributed by atoms with Crippen LogP contribution < -0.4 is 0 Å². The summed E-state index contributed by atoms with van der Waals surface area (Å²) in [6, 6.07) is 0. The van der Waals surface area contributed by atoms with Crippen LogP contribution in [0.25, 0.3) is 0 Å². The normalized spacial score (nSPS) is 30.3. The van der Waals surface area contributed by atoms with Gasteiger partial charge in [-0.25, -0.2) is 0 Å². The van der Waals surface area contributed by atoms with Crippen molar-refractivity contribution in [2.24, 2.45) is 5.92 Å². The van der Waals surface area contributed by atoms with E-state index in [4.69, 9.17) is 4.74 Å². The lowest BCUT2D eigenvalue weighted by atomic mass is 10.0. The molecule has 1 rings (SSSR count). The minimum atomic E-state index is -0.299. The number of carbonyl (C=O) groups excluding carboxylic acids is 1. The maximum atomic E-state index is 10.4. The van der Waals surface area contributed by atoms with Crippen LogP contribution in [-0.2, 0) is 9.53 Å². The fourth-order valence-electron chi connectivity index (χ4n) is 1.13. The molecule has 2 atom stereocenters. The molecule has 0 amide bonds. The second kappa shape index (κ2) is 3.13. The van der Waals surface area contributed by atoms with E-state index in [1.165, 1.54) is 0 Å². The van der Waals surface area contributed by atoms with Crippen molar-refractivity contribution >= 4 is 6.29 Å². The van der Waals surface area contributed by atoms with E-state index in [0.717, 1.165) is 18.5 Å². The summed E-state index contributed by atoms with van der Waals surface area (Å²) in [4.78, 5) is 10.4. The average Bonchev–Trinajstić information content (AvgIpc) is 2.48. The van der Waals surface area contributed by atoms with Gasteiger partial charge in [0.1, 0.15) is 17.6 Å². The van der Waals surface area contributed by atoms with Gasteiger partial charge in [-0.2, -0.15) is 0 Å². The predicted octanol–water partition coefficient (Wildman–Crippen LogP) is 2.07. The van der Waals surface area contributed by atoms with E-state index in [2.05, 4.69) is 6.58 Å². The van der Waals surface area contributed by atoms with Gasteiger partial charge < -0.3 is 9.53 Å². The van der Waals surface area contributed by atoms with Crippen LogP contribution >= 0.6 is 0 Å². The molecule has 0 fully saturated rings. The first-order valence-electron chi connectivity index (χ1n) is 4.09. The van der Waals surface area contributed by atoms with E-state index in [1.807, 2.05) is 19.9 Å². The quantitative estimate of drug-likeness (QED) is 0.474. The molecular weight excluding hydrogens is 152 g/mol. The van der Waals surface area contributed by atoms with Crippen LogP contribution in [0, 0.1) is 5.92 Å². The predicted molar refractivity (Wildman–Crippen MR) is 47.6 cm³/mol. The van der Waals surface area contributed by atoms with Crippen molar-refractivity contribution in [2.45, 2.75) is 25.9 Å². The van der Waals surface area contributed by atoms with E-state index < -0.39 is 0 Å². The van der Waals surface area contributed by atoms with Gasteiger partial charge in [-0.05, 0) is 26.0 Å². The number of hydrogen-bond acceptors (Lipinski definition) is 2. The molecule has 0 aromatic rings. The molecule has 0 radical (unpaired) electrons. The van der Waals surface area contributed by atoms with Gasteiger partial charge in [-0.1, -0.05) is 6.58 Å². The number of rotatable bonds is 3. The van der Waals surface area contributed by atoms with Crippen LogP contribution in [0.4, 0.5) is 0 Å². The molecule has 0 aromatic carbocycles. The fraction of sp³-hybridized carbons (Fsp3) is 0.500. The monoisotopic (exact) mass is 166 g/mol. The molecule has 0 aliphatic carbocycles. The highest BCUT2D eigenvalue weighted by atomic mass is 16.5. The van der Waals surface area contributed by atoms with Gasteiger partial charge in [0, 0.05) is 6.42 Å². The van der Waals surface area contributed by atoms with Gasteiger partial charge in [-0.3, -0.25) is 0 Å². The van der Waals surface area contributed by atoms with E-state index in [9.17, 15) is 4.79 Å². The number of allylic oxidation sites excluding steroid dienone is 1. The highest BCUT2D eigenvalue weighted by Gasteiger charge is 2.29. The van der Waals surface area contributed by atoms with E-state index in [1.54, 1.807) is 6.08 Å². The Labute approximate surface area is 72.9 Å². The highest BCUT2D eigenvalue weighted by molar-refractivity contribution is 5.57.